The largest absolute Gasteiger partial charge is 0.497 e. The lowest BCUT2D eigenvalue weighted by Crippen LogP contribution is -2.31. The summed E-state index contributed by atoms with van der Waals surface area (Å²) in [7, 11) is 4.77. The van der Waals surface area contributed by atoms with Crippen LogP contribution in [0.1, 0.15) is 38.9 Å². The van der Waals surface area contributed by atoms with E-state index >= 15 is 0 Å². The highest BCUT2D eigenvalue weighted by Gasteiger charge is 2.42. The minimum absolute atomic E-state index is 0.0940. The number of rotatable bonds is 7. The number of carbonyl (C=O) groups is 1. The van der Waals surface area contributed by atoms with Gasteiger partial charge in [0, 0.05) is 6.54 Å². The average Bonchev–Trinajstić information content (AvgIpc) is 3.19. The van der Waals surface area contributed by atoms with Gasteiger partial charge in [-0.1, -0.05) is 29.8 Å². The van der Waals surface area contributed by atoms with E-state index in [0.29, 0.717) is 46.7 Å². The zero-order chi connectivity index (χ0) is 25.4. The third-order valence-corrected chi connectivity index (χ3v) is 6.62. The molecule has 0 bridgehead atoms. The first-order valence-corrected chi connectivity index (χ1v) is 11.7. The molecule has 0 unspecified atom stereocenters. The second kappa shape index (κ2) is 9.41. The van der Waals surface area contributed by atoms with Gasteiger partial charge in [-0.25, -0.2) is 0 Å². The second-order valence-corrected chi connectivity index (χ2v) is 8.79. The predicted octanol–water partition coefficient (Wildman–Crippen LogP) is 4.92. The van der Waals surface area contributed by atoms with E-state index in [1.165, 1.54) is 0 Å². The van der Waals surface area contributed by atoms with E-state index in [4.69, 9.17) is 18.6 Å². The Hall–Kier alpha value is -4.26. The highest BCUT2D eigenvalue weighted by atomic mass is 16.5. The molecule has 1 aliphatic heterocycles. The van der Waals surface area contributed by atoms with Crippen LogP contribution in [0, 0.1) is 6.92 Å². The first kappa shape index (κ1) is 23.5. The van der Waals surface area contributed by atoms with E-state index < -0.39 is 6.04 Å². The number of carbonyl (C=O) groups excluding carboxylic acids is 1. The van der Waals surface area contributed by atoms with E-state index in [1.54, 1.807) is 38.4 Å². The Morgan fingerprint density at radius 2 is 1.69 bits per heavy atom. The van der Waals surface area contributed by atoms with Crippen LogP contribution < -0.4 is 19.6 Å². The molecule has 5 rings (SSSR count). The van der Waals surface area contributed by atoms with Crippen LogP contribution in [-0.4, -0.2) is 38.7 Å². The third kappa shape index (κ3) is 3.96. The van der Waals surface area contributed by atoms with Gasteiger partial charge >= 0.3 is 0 Å². The molecule has 0 N–H and O–H groups in total. The van der Waals surface area contributed by atoms with Gasteiger partial charge in [0.05, 0.1) is 38.3 Å². The van der Waals surface area contributed by atoms with Gasteiger partial charge in [0.2, 0.25) is 5.76 Å². The van der Waals surface area contributed by atoms with Crippen molar-refractivity contribution >= 4 is 16.9 Å². The molecule has 2 heterocycles. The summed E-state index contributed by atoms with van der Waals surface area (Å²) < 4.78 is 22.2. The summed E-state index contributed by atoms with van der Waals surface area (Å²) in [6.07, 6.45) is 0.549. The highest BCUT2D eigenvalue weighted by molar-refractivity contribution is 5.99. The quantitative estimate of drug-likeness (QED) is 0.370. The van der Waals surface area contributed by atoms with Crippen molar-refractivity contribution in [1.29, 1.82) is 0 Å². The maximum Gasteiger partial charge on any atom is 0.290 e. The first-order valence-electron chi connectivity index (χ1n) is 11.7. The Kier molecular flexibility index (Phi) is 6.14. The highest BCUT2D eigenvalue weighted by Crippen LogP contribution is 2.39. The molecule has 0 aliphatic carbocycles. The van der Waals surface area contributed by atoms with E-state index in [1.807, 2.05) is 55.5 Å². The van der Waals surface area contributed by atoms with Crippen LogP contribution in [0.5, 0.6) is 17.2 Å². The zero-order valence-corrected chi connectivity index (χ0v) is 20.7. The monoisotopic (exact) mass is 485 g/mol. The fourth-order valence-corrected chi connectivity index (χ4v) is 4.81. The van der Waals surface area contributed by atoms with Gasteiger partial charge in [0.1, 0.15) is 11.3 Å². The molecule has 0 radical (unpaired) electrons. The van der Waals surface area contributed by atoms with Gasteiger partial charge in [-0.2, -0.15) is 0 Å². The lowest BCUT2D eigenvalue weighted by atomic mass is 9.97. The lowest BCUT2D eigenvalue weighted by molar-refractivity contribution is 0.0730. The SMILES string of the molecule is COc1cccc([C@@H]2c3c(oc4ccc(C)cc4c3=O)C(=O)N2CCc2ccc(OC)c(OC)c2)c1. The summed E-state index contributed by atoms with van der Waals surface area (Å²) in [5, 5.41) is 0.469. The minimum Gasteiger partial charge on any atom is -0.497 e. The molecular formula is C29H27NO6. The number of nitrogens with zero attached hydrogens (tertiary/aromatic N) is 1. The average molecular weight is 486 g/mol. The van der Waals surface area contributed by atoms with Crippen molar-refractivity contribution in [2.45, 2.75) is 19.4 Å². The van der Waals surface area contributed by atoms with Gasteiger partial charge in [0.15, 0.2) is 16.9 Å². The third-order valence-electron chi connectivity index (χ3n) is 6.62. The van der Waals surface area contributed by atoms with Gasteiger partial charge < -0.3 is 23.5 Å². The Balaban J connectivity index is 1.60. The smallest absolute Gasteiger partial charge is 0.290 e. The molecular weight excluding hydrogens is 458 g/mol. The van der Waals surface area contributed by atoms with E-state index in [2.05, 4.69) is 0 Å². The number of ether oxygens (including phenoxy) is 3. The van der Waals surface area contributed by atoms with Crippen LogP contribution in [-0.2, 0) is 6.42 Å². The number of hydrogen-bond acceptors (Lipinski definition) is 6. The summed E-state index contributed by atoms with van der Waals surface area (Å²) in [4.78, 5) is 29.1. The standard InChI is InChI=1S/C29H27NO6/c1-17-8-10-22-21(14-17)27(31)25-26(19-6-5-7-20(16-19)33-2)30(29(32)28(25)36-22)13-12-18-9-11-23(34-3)24(15-18)35-4/h5-11,14-16,26H,12-13H2,1-4H3/t26-/m1/s1. The molecule has 1 atom stereocenters. The van der Waals surface area contributed by atoms with E-state index in [0.717, 1.165) is 16.7 Å². The summed E-state index contributed by atoms with van der Waals surface area (Å²) in [5.74, 6) is 1.69. The van der Waals surface area contributed by atoms with Crippen LogP contribution in [0.3, 0.4) is 0 Å². The van der Waals surface area contributed by atoms with Crippen LogP contribution in [0.15, 0.2) is 69.9 Å². The molecule has 3 aromatic carbocycles. The van der Waals surface area contributed by atoms with Crippen molar-refractivity contribution in [3.05, 3.63) is 98.9 Å². The summed E-state index contributed by atoms with van der Waals surface area (Å²) in [5.41, 5.74) is 3.28. The molecule has 36 heavy (non-hydrogen) atoms. The molecule has 4 aromatic rings. The Bertz CT molecular complexity index is 1520. The molecule has 0 saturated carbocycles. The first-order chi connectivity index (χ1) is 17.4. The minimum atomic E-state index is -0.594. The molecule has 0 spiro atoms. The molecule has 7 heteroatoms. The summed E-state index contributed by atoms with van der Waals surface area (Å²) in [6.45, 7) is 2.29. The molecule has 1 aliphatic rings. The van der Waals surface area contributed by atoms with Crippen molar-refractivity contribution < 1.29 is 23.4 Å². The number of fused-ring (bicyclic) bond motifs is 2. The molecule has 0 saturated heterocycles. The Morgan fingerprint density at radius 3 is 2.44 bits per heavy atom. The molecule has 1 aromatic heterocycles. The van der Waals surface area contributed by atoms with Crippen LogP contribution in [0.4, 0.5) is 0 Å². The van der Waals surface area contributed by atoms with Crippen LogP contribution >= 0.6 is 0 Å². The van der Waals surface area contributed by atoms with Gasteiger partial charge in [0.25, 0.3) is 5.91 Å². The Labute approximate surface area is 208 Å². The fourth-order valence-electron chi connectivity index (χ4n) is 4.81. The summed E-state index contributed by atoms with van der Waals surface area (Å²) in [6, 6.07) is 18.0. The van der Waals surface area contributed by atoms with E-state index in [-0.39, 0.29) is 17.1 Å². The molecule has 7 nitrogen and oxygen atoms in total. The summed E-state index contributed by atoms with van der Waals surface area (Å²) >= 11 is 0. The van der Waals surface area contributed by atoms with Crippen molar-refractivity contribution in [2.75, 3.05) is 27.9 Å². The van der Waals surface area contributed by atoms with Crippen molar-refractivity contribution in [3.8, 4) is 17.2 Å². The number of benzene rings is 3. The van der Waals surface area contributed by atoms with E-state index in [9.17, 15) is 9.59 Å². The van der Waals surface area contributed by atoms with Crippen LogP contribution in [0.2, 0.25) is 0 Å². The molecule has 184 valence electrons. The fraction of sp³-hybridized carbons (Fsp3) is 0.241. The van der Waals surface area contributed by atoms with Crippen molar-refractivity contribution in [3.63, 3.8) is 0 Å². The predicted molar refractivity (Wildman–Crippen MR) is 136 cm³/mol. The van der Waals surface area contributed by atoms with Gasteiger partial charge in [-0.3, -0.25) is 9.59 Å². The number of methoxy groups -OCH3 is 3. The maximum atomic E-state index is 13.7. The Morgan fingerprint density at radius 1 is 0.889 bits per heavy atom. The zero-order valence-electron chi connectivity index (χ0n) is 20.7. The van der Waals surface area contributed by atoms with Gasteiger partial charge in [-0.05, 0) is 60.9 Å². The lowest BCUT2D eigenvalue weighted by Gasteiger charge is -2.25. The van der Waals surface area contributed by atoms with Crippen molar-refractivity contribution in [1.82, 2.24) is 4.90 Å². The van der Waals surface area contributed by atoms with Crippen molar-refractivity contribution in [2.24, 2.45) is 0 Å². The number of hydrogen-bond donors (Lipinski definition) is 0. The number of aryl methyl sites for hydroxylation is 1. The second-order valence-electron chi connectivity index (χ2n) is 8.79. The molecule has 1 amide bonds. The topological polar surface area (TPSA) is 78.2 Å². The number of amides is 1. The van der Waals surface area contributed by atoms with Crippen LogP contribution in [0.25, 0.3) is 11.0 Å². The maximum absolute atomic E-state index is 13.7. The van der Waals surface area contributed by atoms with Gasteiger partial charge in [-0.15, -0.1) is 0 Å². The molecule has 0 fully saturated rings. The normalized spacial score (nSPS) is 14.7.